The van der Waals surface area contributed by atoms with Crippen molar-refractivity contribution in [2.24, 2.45) is 10.9 Å². The van der Waals surface area contributed by atoms with Crippen molar-refractivity contribution in [2.75, 3.05) is 18.4 Å². The monoisotopic (exact) mass is 447 g/mol. The van der Waals surface area contributed by atoms with E-state index in [0.717, 1.165) is 35.9 Å². The highest BCUT2D eigenvalue weighted by Gasteiger charge is 2.16. The lowest BCUT2D eigenvalue weighted by atomic mass is 10.1. The summed E-state index contributed by atoms with van der Waals surface area (Å²) in [5.74, 6) is 1.59. The zero-order valence-corrected chi connectivity index (χ0v) is 19.0. The molecule has 1 aliphatic rings. The number of allylic oxidation sites excluding steroid dienone is 1. The number of amides is 1. The number of hydrogen-bond acceptors (Lipinski definition) is 5. The SMILES string of the molecule is CC(C)CCNC(=O)c1ccccc1Nc1nc(C2=CCCN=C2)nc2ccc(Cl)cc12. The number of benzene rings is 2. The maximum Gasteiger partial charge on any atom is 0.253 e. The van der Waals surface area contributed by atoms with E-state index in [1.54, 1.807) is 12.3 Å². The topological polar surface area (TPSA) is 79.3 Å². The fraction of sp³-hybridized carbons (Fsp3) is 0.280. The van der Waals surface area contributed by atoms with Crippen LogP contribution < -0.4 is 10.6 Å². The first-order valence-corrected chi connectivity index (χ1v) is 11.2. The van der Waals surface area contributed by atoms with Crippen LogP contribution in [0.3, 0.4) is 0 Å². The van der Waals surface area contributed by atoms with Crippen molar-refractivity contribution in [1.29, 1.82) is 0 Å². The molecule has 0 unspecified atom stereocenters. The summed E-state index contributed by atoms with van der Waals surface area (Å²) in [6.45, 7) is 5.68. The van der Waals surface area contributed by atoms with Crippen LogP contribution in [-0.4, -0.2) is 35.2 Å². The highest BCUT2D eigenvalue weighted by atomic mass is 35.5. The predicted octanol–water partition coefficient (Wildman–Crippen LogP) is 5.66. The number of fused-ring (bicyclic) bond motifs is 1. The van der Waals surface area contributed by atoms with E-state index in [1.165, 1.54) is 0 Å². The van der Waals surface area contributed by atoms with E-state index in [2.05, 4.69) is 35.5 Å². The average molecular weight is 448 g/mol. The van der Waals surface area contributed by atoms with Gasteiger partial charge in [-0.25, -0.2) is 9.97 Å². The van der Waals surface area contributed by atoms with Gasteiger partial charge < -0.3 is 10.6 Å². The van der Waals surface area contributed by atoms with Gasteiger partial charge in [0.25, 0.3) is 5.91 Å². The van der Waals surface area contributed by atoms with Crippen LogP contribution in [0.4, 0.5) is 11.5 Å². The third kappa shape index (κ3) is 5.14. The van der Waals surface area contributed by atoms with E-state index < -0.39 is 0 Å². The minimum atomic E-state index is -0.118. The molecule has 3 aromatic rings. The Morgan fingerprint density at radius 3 is 2.78 bits per heavy atom. The van der Waals surface area contributed by atoms with E-state index in [1.807, 2.05) is 36.4 Å². The molecule has 0 spiro atoms. The summed E-state index contributed by atoms with van der Waals surface area (Å²) in [6.07, 6.45) is 5.68. The quantitative estimate of drug-likeness (QED) is 0.489. The molecule has 0 atom stereocenters. The standard InChI is InChI=1S/C25H26ClN5O/c1-16(2)11-13-28-25(32)19-7-3-4-8-21(19)30-24-20-14-18(26)9-10-22(20)29-23(31-24)17-6-5-12-27-15-17/h3-4,6-10,14-16H,5,11-13H2,1-2H3,(H,28,32)(H,29,30,31). The molecule has 0 bridgehead atoms. The van der Waals surface area contributed by atoms with E-state index in [4.69, 9.17) is 21.6 Å². The van der Waals surface area contributed by atoms with Crippen molar-refractivity contribution >= 4 is 51.7 Å². The lowest BCUT2D eigenvalue weighted by molar-refractivity contribution is 0.0953. The molecule has 4 rings (SSSR count). The van der Waals surface area contributed by atoms with Gasteiger partial charge in [0, 0.05) is 35.3 Å². The normalized spacial score (nSPS) is 13.3. The number of halogens is 1. The van der Waals surface area contributed by atoms with Crippen LogP contribution in [0.5, 0.6) is 0 Å². The first-order chi connectivity index (χ1) is 15.5. The molecule has 2 aromatic carbocycles. The molecule has 7 heteroatoms. The van der Waals surface area contributed by atoms with Crippen molar-refractivity contribution in [1.82, 2.24) is 15.3 Å². The Kier molecular flexibility index (Phi) is 6.81. The van der Waals surface area contributed by atoms with Gasteiger partial charge in [0.1, 0.15) is 5.82 Å². The molecule has 0 fully saturated rings. The molecule has 2 N–H and O–H groups in total. The average Bonchev–Trinajstić information content (AvgIpc) is 2.80. The summed E-state index contributed by atoms with van der Waals surface area (Å²) in [4.78, 5) is 26.7. The van der Waals surface area contributed by atoms with Crippen LogP contribution in [0, 0.1) is 5.92 Å². The number of rotatable bonds is 7. The van der Waals surface area contributed by atoms with Gasteiger partial charge >= 0.3 is 0 Å². The number of nitrogens with zero attached hydrogens (tertiary/aromatic N) is 3. The molecule has 0 radical (unpaired) electrons. The number of carbonyl (C=O) groups excluding carboxylic acids is 1. The zero-order valence-electron chi connectivity index (χ0n) is 18.2. The van der Waals surface area contributed by atoms with E-state index in [9.17, 15) is 4.79 Å². The van der Waals surface area contributed by atoms with E-state index in [-0.39, 0.29) is 5.91 Å². The molecule has 32 heavy (non-hydrogen) atoms. The Morgan fingerprint density at radius 1 is 1.16 bits per heavy atom. The third-order valence-corrected chi connectivity index (χ3v) is 5.44. The molecule has 0 saturated heterocycles. The molecule has 1 aliphatic heterocycles. The lowest BCUT2D eigenvalue weighted by Gasteiger charge is -2.15. The Bertz CT molecular complexity index is 1200. The first kappa shape index (κ1) is 22.0. The van der Waals surface area contributed by atoms with Crippen LogP contribution >= 0.6 is 11.6 Å². The Morgan fingerprint density at radius 2 is 2.00 bits per heavy atom. The highest BCUT2D eigenvalue weighted by molar-refractivity contribution is 6.31. The molecule has 164 valence electrons. The molecule has 1 amide bonds. The van der Waals surface area contributed by atoms with Crippen LogP contribution in [0.25, 0.3) is 16.5 Å². The van der Waals surface area contributed by atoms with Gasteiger partial charge in [-0.1, -0.05) is 43.7 Å². The van der Waals surface area contributed by atoms with Crippen LogP contribution in [0.15, 0.2) is 53.5 Å². The minimum absolute atomic E-state index is 0.118. The second kappa shape index (κ2) is 9.92. The van der Waals surface area contributed by atoms with Crippen molar-refractivity contribution in [3.63, 3.8) is 0 Å². The zero-order chi connectivity index (χ0) is 22.5. The summed E-state index contributed by atoms with van der Waals surface area (Å²) in [6, 6.07) is 12.9. The highest BCUT2D eigenvalue weighted by Crippen LogP contribution is 2.29. The number of para-hydroxylation sites is 1. The fourth-order valence-electron chi connectivity index (χ4n) is 3.47. The van der Waals surface area contributed by atoms with Gasteiger partial charge in [-0.05, 0) is 49.1 Å². The Labute approximate surface area is 192 Å². The molecular formula is C25H26ClN5O. The number of hydrogen-bond donors (Lipinski definition) is 2. The van der Waals surface area contributed by atoms with Crippen LogP contribution in [-0.2, 0) is 0 Å². The maximum atomic E-state index is 12.8. The van der Waals surface area contributed by atoms with Gasteiger partial charge in [-0.2, -0.15) is 0 Å². The van der Waals surface area contributed by atoms with Gasteiger partial charge in [-0.15, -0.1) is 0 Å². The van der Waals surface area contributed by atoms with Gasteiger partial charge in [-0.3, -0.25) is 9.79 Å². The molecule has 1 aromatic heterocycles. The number of nitrogens with one attached hydrogen (secondary N) is 2. The first-order valence-electron chi connectivity index (χ1n) is 10.8. The summed E-state index contributed by atoms with van der Waals surface area (Å²) >= 11 is 6.27. The fourth-order valence-corrected chi connectivity index (χ4v) is 3.64. The smallest absolute Gasteiger partial charge is 0.253 e. The predicted molar refractivity (Wildman–Crippen MR) is 132 cm³/mol. The molecular weight excluding hydrogens is 422 g/mol. The minimum Gasteiger partial charge on any atom is -0.352 e. The van der Waals surface area contributed by atoms with E-state index in [0.29, 0.717) is 40.4 Å². The van der Waals surface area contributed by atoms with Gasteiger partial charge in [0.2, 0.25) is 0 Å². The lowest BCUT2D eigenvalue weighted by Crippen LogP contribution is -2.26. The number of carbonyl (C=O) groups is 1. The van der Waals surface area contributed by atoms with Gasteiger partial charge in [0.15, 0.2) is 5.82 Å². The molecule has 6 nitrogen and oxygen atoms in total. The maximum absolute atomic E-state index is 12.8. The van der Waals surface area contributed by atoms with Crippen LogP contribution in [0.1, 0.15) is 42.9 Å². The summed E-state index contributed by atoms with van der Waals surface area (Å²) in [5.41, 5.74) is 2.88. The number of dihydropyridines is 1. The van der Waals surface area contributed by atoms with Crippen molar-refractivity contribution in [3.05, 3.63) is 65.0 Å². The van der Waals surface area contributed by atoms with Crippen LogP contribution in [0.2, 0.25) is 5.02 Å². The molecule has 2 heterocycles. The second-order valence-electron chi connectivity index (χ2n) is 8.15. The Balaban J connectivity index is 1.71. The molecule has 0 saturated carbocycles. The van der Waals surface area contributed by atoms with Crippen molar-refractivity contribution in [2.45, 2.75) is 26.7 Å². The Hall–Kier alpha value is -3.25. The summed E-state index contributed by atoms with van der Waals surface area (Å²) in [5, 5.41) is 7.74. The number of anilines is 2. The number of aliphatic imine (C=N–C) groups is 1. The van der Waals surface area contributed by atoms with E-state index >= 15 is 0 Å². The molecule has 0 aliphatic carbocycles. The number of aromatic nitrogens is 2. The summed E-state index contributed by atoms with van der Waals surface area (Å²) < 4.78 is 0. The van der Waals surface area contributed by atoms with Crippen molar-refractivity contribution < 1.29 is 4.79 Å². The van der Waals surface area contributed by atoms with Gasteiger partial charge in [0.05, 0.1) is 16.8 Å². The van der Waals surface area contributed by atoms with Crippen molar-refractivity contribution in [3.8, 4) is 0 Å². The third-order valence-electron chi connectivity index (χ3n) is 5.20. The second-order valence-corrected chi connectivity index (χ2v) is 8.59. The summed E-state index contributed by atoms with van der Waals surface area (Å²) in [7, 11) is 0. The largest absolute Gasteiger partial charge is 0.352 e.